The molecule has 2 nitrogen and oxygen atoms in total. The molecule has 0 aliphatic carbocycles. The molecule has 0 spiro atoms. The van der Waals surface area contributed by atoms with Gasteiger partial charge < -0.3 is 4.90 Å². The van der Waals surface area contributed by atoms with Gasteiger partial charge in [-0.3, -0.25) is 4.79 Å². The summed E-state index contributed by atoms with van der Waals surface area (Å²) in [5.41, 5.74) is 5.67. The van der Waals surface area contributed by atoms with Gasteiger partial charge in [-0.15, -0.1) is 0 Å². The molecule has 0 bridgehead atoms. The summed E-state index contributed by atoms with van der Waals surface area (Å²) in [4.78, 5) is 12.9. The van der Waals surface area contributed by atoms with Crippen molar-refractivity contribution in [3.63, 3.8) is 0 Å². The number of nitrogens with zero attached hydrogens (tertiary/aromatic N) is 1. The first kappa shape index (κ1) is 12.1. The lowest BCUT2D eigenvalue weighted by Crippen LogP contribution is -2.22. The van der Waals surface area contributed by atoms with Crippen LogP contribution in [0.5, 0.6) is 0 Å². The van der Waals surface area contributed by atoms with Crippen LogP contribution in [-0.4, -0.2) is 12.3 Å². The van der Waals surface area contributed by atoms with E-state index in [2.05, 4.69) is 32.5 Å². The van der Waals surface area contributed by atoms with E-state index in [9.17, 15) is 4.79 Å². The van der Waals surface area contributed by atoms with Crippen LogP contribution in [0.2, 0.25) is 0 Å². The maximum atomic E-state index is 11.3. The van der Waals surface area contributed by atoms with Gasteiger partial charge in [-0.05, 0) is 49.9 Å². The van der Waals surface area contributed by atoms with Crippen LogP contribution >= 0.6 is 12.6 Å². The fourth-order valence-corrected chi connectivity index (χ4v) is 1.89. The second-order valence-corrected chi connectivity index (χ2v) is 4.33. The van der Waals surface area contributed by atoms with Gasteiger partial charge in [-0.25, -0.2) is 0 Å². The Balaban J connectivity index is 3.45. The Morgan fingerprint density at radius 2 is 1.53 bits per heavy atom. The van der Waals surface area contributed by atoms with E-state index in [0.29, 0.717) is 0 Å². The van der Waals surface area contributed by atoms with Gasteiger partial charge in [-0.2, -0.15) is 0 Å². The smallest absolute Gasteiger partial charge is 0.282 e. The van der Waals surface area contributed by atoms with Gasteiger partial charge in [0.05, 0.1) is 5.69 Å². The first-order valence-electron chi connectivity index (χ1n) is 4.90. The molecule has 0 radical (unpaired) electrons. The van der Waals surface area contributed by atoms with Gasteiger partial charge >= 0.3 is 0 Å². The summed E-state index contributed by atoms with van der Waals surface area (Å²) in [6, 6.07) is 2.14. The molecule has 0 saturated carbocycles. The zero-order chi connectivity index (χ0) is 11.7. The van der Waals surface area contributed by atoms with Crippen molar-refractivity contribution < 1.29 is 4.79 Å². The van der Waals surface area contributed by atoms with Crippen molar-refractivity contribution >= 4 is 23.6 Å². The van der Waals surface area contributed by atoms with Crippen LogP contribution in [0.1, 0.15) is 22.3 Å². The van der Waals surface area contributed by atoms with Gasteiger partial charge in [0.2, 0.25) is 0 Å². The summed E-state index contributed by atoms with van der Waals surface area (Å²) in [6.07, 6.45) is 0. The third-order valence-electron chi connectivity index (χ3n) is 2.95. The largest absolute Gasteiger partial charge is 0.306 e. The Labute approximate surface area is 96.7 Å². The predicted octanol–water partition coefficient (Wildman–Crippen LogP) is 3.41. The molecule has 0 fully saturated rings. The molecule has 15 heavy (non-hydrogen) atoms. The fraction of sp³-hybridized carbons (Fsp3) is 0.417. The number of anilines is 1. The molecule has 1 aromatic carbocycles. The van der Waals surface area contributed by atoms with Crippen LogP contribution in [0.3, 0.4) is 0 Å². The molecule has 0 N–H and O–H groups in total. The molecule has 1 aromatic rings. The second kappa shape index (κ2) is 4.27. The highest BCUT2D eigenvalue weighted by atomic mass is 32.1. The van der Waals surface area contributed by atoms with Crippen molar-refractivity contribution in [1.29, 1.82) is 0 Å². The average Bonchev–Trinajstić information content (AvgIpc) is 2.15. The molecule has 0 heterocycles. The van der Waals surface area contributed by atoms with E-state index in [1.165, 1.54) is 11.1 Å². The molecule has 0 atom stereocenters. The maximum Gasteiger partial charge on any atom is 0.282 e. The molecular weight excluding hydrogens is 206 g/mol. The number of amides is 1. The van der Waals surface area contributed by atoms with Crippen molar-refractivity contribution in [2.24, 2.45) is 0 Å². The number of benzene rings is 1. The maximum absolute atomic E-state index is 11.3. The third-order valence-corrected chi connectivity index (χ3v) is 3.25. The quantitative estimate of drug-likeness (QED) is 0.723. The summed E-state index contributed by atoms with van der Waals surface area (Å²) in [5.74, 6) is 0. The number of carbonyl (C=O) groups is 1. The van der Waals surface area contributed by atoms with Crippen molar-refractivity contribution in [3.05, 3.63) is 28.3 Å². The Kier molecular flexibility index (Phi) is 3.45. The van der Waals surface area contributed by atoms with Crippen molar-refractivity contribution in [2.45, 2.75) is 27.7 Å². The minimum Gasteiger partial charge on any atom is -0.306 e. The predicted molar refractivity (Wildman–Crippen MR) is 68.2 cm³/mol. The van der Waals surface area contributed by atoms with E-state index < -0.39 is 0 Å². The highest BCUT2D eigenvalue weighted by Crippen LogP contribution is 2.29. The van der Waals surface area contributed by atoms with Crippen LogP contribution in [-0.2, 0) is 0 Å². The minimum absolute atomic E-state index is 0.230. The third kappa shape index (κ3) is 2.17. The molecule has 0 aliphatic rings. The van der Waals surface area contributed by atoms with E-state index in [0.717, 1.165) is 16.8 Å². The van der Waals surface area contributed by atoms with Crippen LogP contribution in [0, 0.1) is 27.7 Å². The summed E-state index contributed by atoms with van der Waals surface area (Å²) in [6.45, 7) is 8.18. The average molecular weight is 223 g/mol. The number of aryl methyl sites for hydroxylation is 2. The van der Waals surface area contributed by atoms with Crippen molar-refractivity contribution in [1.82, 2.24) is 0 Å². The lowest BCUT2D eigenvalue weighted by atomic mass is 9.98. The Morgan fingerprint density at radius 3 is 1.87 bits per heavy atom. The van der Waals surface area contributed by atoms with Crippen LogP contribution in [0.15, 0.2) is 6.07 Å². The topological polar surface area (TPSA) is 20.3 Å². The monoisotopic (exact) mass is 223 g/mol. The number of hydrogen-bond acceptors (Lipinski definition) is 1. The van der Waals surface area contributed by atoms with Gasteiger partial charge in [0.15, 0.2) is 0 Å². The van der Waals surface area contributed by atoms with Crippen LogP contribution < -0.4 is 4.90 Å². The highest BCUT2D eigenvalue weighted by Gasteiger charge is 2.15. The molecule has 0 unspecified atom stereocenters. The van der Waals surface area contributed by atoms with Crippen molar-refractivity contribution in [3.8, 4) is 0 Å². The van der Waals surface area contributed by atoms with E-state index in [1.54, 1.807) is 11.9 Å². The summed E-state index contributed by atoms with van der Waals surface area (Å²) in [5, 5.41) is -0.230. The first-order valence-corrected chi connectivity index (χ1v) is 5.35. The van der Waals surface area contributed by atoms with Gasteiger partial charge in [-0.1, -0.05) is 18.7 Å². The Bertz CT molecular complexity index is 386. The summed E-state index contributed by atoms with van der Waals surface area (Å²) < 4.78 is 0. The van der Waals surface area contributed by atoms with E-state index in [4.69, 9.17) is 0 Å². The van der Waals surface area contributed by atoms with E-state index in [1.807, 2.05) is 13.8 Å². The zero-order valence-electron chi connectivity index (χ0n) is 9.88. The molecule has 3 heteroatoms. The fourth-order valence-electron chi connectivity index (χ4n) is 1.79. The van der Waals surface area contributed by atoms with Crippen molar-refractivity contribution in [2.75, 3.05) is 11.9 Å². The van der Waals surface area contributed by atoms with Gasteiger partial charge in [0.1, 0.15) is 0 Å². The summed E-state index contributed by atoms with van der Waals surface area (Å²) in [7, 11) is 1.75. The lowest BCUT2D eigenvalue weighted by molar-refractivity contribution is 0.266. The number of rotatable bonds is 1. The second-order valence-electron chi connectivity index (χ2n) is 3.95. The SMILES string of the molecule is Cc1cc(C)c(C)c(N(C)C(=O)S)c1C. The van der Waals surface area contributed by atoms with E-state index >= 15 is 0 Å². The molecule has 1 amide bonds. The van der Waals surface area contributed by atoms with Crippen LogP contribution in [0.4, 0.5) is 10.5 Å². The molecule has 1 rings (SSSR count). The van der Waals surface area contributed by atoms with E-state index in [-0.39, 0.29) is 5.24 Å². The Hall–Kier alpha value is -0.960. The lowest BCUT2D eigenvalue weighted by Gasteiger charge is -2.22. The standard InChI is InChI=1S/C12H17NOS/c1-7-6-8(2)10(4)11(9(7)3)13(5)12(14)15/h6H,1-5H3,(H,14,15). The normalized spacial score (nSPS) is 10.3. The molecule has 0 aliphatic heterocycles. The van der Waals surface area contributed by atoms with Gasteiger partial charge in [0, 0.05) is 7.05 Å². The molecular formula is C12H17NOS. The number of hydrogen-bond donors (Lipinski definition) is 1. The number of carbonyl (C=O) groups excluding carboxylic acids is 1. The number of thiol groups is 1. The zero-order valence-corrected chi connectivity index (χ0v) is 10.8. The highest BCUT2D eigenvalue weighted by molar-refractivity contribution is 7.96. The molecule has 0 saturated heterocycles. The minimum atomic E-state index is -0.230. The Morgan fingerprint density at radius 1 is 1.13 bits per heavy atom. The first-order chi connectivity index (χ1) is 6.86. The molecule has 0 aromatic heterocycles. The van der Waals surface area contributed by atoms with Crippen LogP contribution in [0.25, 0.3) is 0 Å². The molecule has 82 valence electrons. The summed E-state index contributed by atoms with van der Waals surface area (Å²) >= 11 is 3.85. The van der Waals surface area contributed by atoms with Gasteiger partial charge in [0.25, 0.3) is 5.24 Å².